The Bertz CT molecular complexity index is 847. The summed E-state index contributed by atoms with van der Waals surface area (Å²) in [5.41, 5.74) is 3.34. The highest BCUT2D eigenvalue weighted by Gasteiger charge is 2.26. The second kappa shape index (κ2) is 7.70. The van der Waals surface area contributed by atoms with Crippen molar-refractivity contribution >= 4 is 23.2 Å². The molecule has 0 spiro atoms. The summed E-state index contributed by atoms with van der Waals surface area (Å²) in [6.45, 7) is 4.45. The molecule has 1 fully saturated rings. The molecule has 0 aromatic heterocycles. The number of hydrogen-bond donors (Lipinski definition) is 1. The van der Waals surface area contributed by atoms with Crippen LogP contribution in [0.15, 0.2) is 48.5 Å². The van der Waals surface area contributed by atoms with Crippen molar-refractivity contribution in [3.63, 3.8) is 0 Å². The molecule has 3 rings (SSSR count). The van der Waals surface area contributed by atoms with Crippen LogP contribution in [0, 0.1) is 18.3 Å². The van der Waals surface area contributed by atoms with Gasteiger partial charge in [-0.2, -0.15) is 5.26 Å². The van der Waals surface area contributed by atoms with E-state index in [0.717, 1.165) is 5.69 Å². The first kappa shape index (κ1) is 17.5. The molecule has 0 aliphatic carbocycles. The van der Waals surface area contributed by atoms with Crippen LogP contribution in [-0.4, -0.2) is 42.9 Å². The predicted molar refractivity (Wildman–Crippen MR) is 99.8 cm³/mol. The van der Waals surface area contributed by atoms with Gasteiger partial charge >= 0.3 is 11.8 Å². The Kier molecular flexibility index (Phi) is 5.18. The monoisotopic (exact) mass is 348 g/mol. The molecule has 0 bridgehead atoms. The molecule has 26 heavy (non-hydrogen) atoms. The van der Waals surface area contributed by atoms with E-state index in [1.807, 2.05) is 12.1 Å². The molecule has 2 aromatic carbocycles. The molecule has 2 amide bonds. The van der Waals surface area contributed by atoms with E-state index < -0.39 is 11.8 Å². The normalized spacial score (nSPS) is 13.8. The van der Waals surface area contributed by atoms with E-state index in [9.17, 15) is 9.59 Å². The van der Waals surface area contributed by atoms with Crippen LogP contribution in [0.1, 0.15) is 11.1 Å². The standard InChI is InChI=1S/C20H20N4O2/c1-15-3-2-4-18(13-15)23-9-11-24(12-10-23)20(26)19(25)22-17-7-5-16(14-21)6-8-17/h2-8,13H,9-12H2,1H3,(H,22,25). The lowest BCUT2D eigenvalue weighted by Crippen LogP contribution is -2.51. The van der Waals surface area contributed by atoms with Gasteiger partial charge in [0.25, 0.3) is 0 Å². The van der Waals surface area contributed by atoms with Crippen molar-refractivity contribution in [2.75, 3.05) is 36.4 Å². The summed E-state index contributed by atoms with van der Waals surface area (Å²) in [5, 5.41) is 11.4. The Morgan fingerprint density at radius 2 is 1.73 bits per heavy atom. The summed E-state index contributed by atoms with van der Waals surface area (Å²) < 4.78 is 0. The van der Waals surface area contributed by atoms with E-state index in [1.54, 1.807) is 29.2 Å². The molecule has 2 aromatic rings. The van der Waals surface area contributed by atoms with E-state index in [-0.39, 0.29) is 0 Å². The largest absolute Gasteiger partial charge is 0.368 e. The molecule has 1 aliphatic rings. The highest BCUT2D eigenvalue weighted by molar-refractivity contribution is 6.39. The average molecular weight is 348 g/mol. The van der Waals surface area contributed by atoms with E-state index in [1.165, 1.54) is 5.56 Å². The van der Waals surface area contributed by atoms with Crippen molar-refractivity contribution in [1.82, 2.24) is 4.90 Å². The first-order valence-corrected chi connectivity index (χ1v) is 8.49. The quantitative estimate of drug-likeness (QED) is 0.844. The maximum atomic E-state index is 12.4. The summed E-state index contributed by atoms with van der Waals surface area (Å²) >= 11 is 0. The fourth-order valence-electron chi connectivity index (χ4n) is 2.95. The number of carbonyl (C=O) groups is 2. The van der Waals surface area contributed by atoms with Crippen molar-refractivity contribution in [1.29, 1.82) is 5.26 Å². The molecule has 1 heterocycles. The Morgan fingerprint density at radius 3 is 2.35 bits per heavy atom. The second-order valence-electron chi connectivity index (χ2n) is 6.26. The van der Waals surface area contributed by atoms with Crippen LogP contribution in [0.3, 0.4) is 0 Å². The predicted octanol–water partition coefficient (Wildman–Crippen LogP) is 2.15. The van der Waals surface area contributed by atoms with Gasteiger partial charge in [-0.05, 0) is 48.9 Å². The number of rotatable bonds is 2. The third kappa shape index (κ3) is 4.01. The summed E-state index contributed by atoms with van der Waals surface area (Å²) in [6.07, 6.45) is 0. The average Bonchev–Trinajstić information content (AvgIpc) is 2.68. The maximum absolute atomic E-state index is 12.4. The summed E-state index contributed by atoms with van der Waals surface area (Å²) in [5.74, 6) is -1.18. The van der Waals surface area contributed by atoms with Crippen LogP contribution in [0.2, 0.25) is 0 Å². The SMILES string of the molecule is Cc1cccc(N2CCN(C(=O)C(=O)Nc3ccc(C#N)cc3)CC2)c1. The molecule has 1 saturated heterocycles. The Hall–Kier alpha value is -3.33. The molecule has 1 aliphatic heterocycles. The van der Waals surface area contributed by atoms with Crippen LogP contribution in [0.4, 0.5) is 11.4 Å². The third-order valence-electron chi connectivity index (χ3n) is 4.40. The van der Waals surface area contributed by atoms with Gasteiger partial charge in [0.15, 0.2) is 0 Å². The second-order valence-corrected chi connectivity index (χ2v) is 6.26. The van der Waals surface area contributed by atoms with Gasteiger partial charge in [0.05, 0.1) is 11.6 Å². The molecule has 6 heteroatoms. The lowest BCUT2D eigenvalue weighted by molar-refractivity contribution is -0.143. The summed E-state index contributed by atoms with van der Waals surface area (Å²) in [6, 6.07) is 16.7. The zero-order valence-corrected chi connectivity index (χ0v) is 14.6. The van der Waals surface area contributed by atoms with Crippen molar-refractivity contribution in [3.05, 3.63) is 59.7 Å². The number of aryl methyl sites for hydroxylation is 1. The van der Waals surface area contributed by atoms with Gasteiger partial charge in [-0.1, -0.05) is 12.1 Å². The fourth-order valence-corrected chi connectivity index (χ4v) is 2.95. The zero-order valence-electron chi connectivity index (χ0n) is 14.6. The first-order chi connectivity index (χ1) is 12.6. The number of benzene rings is 2. The van der Waals surface area contributed by atoms with E-state index >= 15 is 0 Å². The van der Waals surface area contributed by atoms with Gasteiger partial charge in [0.2, 0.25) is 0 Å². The van der Waals surface area contributed by atoms with Crippen molar-refractivity contribution in [2.45, 2.75) is 6.92 Å². The molecular formula is C20H20N4O2. The number of carbonyl (C=O) groups excluding carboxylic acids is 2. The van der Waals surface area contributed by atoms with Crippen molar-refractivity contribution in [2.24, 2.45) is 0 Å². The number of amides is 2. The van der Waals surface area contributed by atoms with Crippen LogP contribution >= 0.6 is 0 Å². The lowest BCUT2D eigenvalue weighted by atomic mass is 10.2. The lowest BCUT2D eigenvalue weighted by Gasteiger charge is -2.35. The number of piperazine rings is 1. The highest BCUT2D eigenvalue weighted by atomic mass is 16.2. The molecule has 0 atom stereocenters. The Balaban J connectivity index is 1.55. The fraction of sp³-hybridized carbons (Fsp3) is 0.250. The van der Waals surface area contributed by atoms with Crippen LogP contribution in [0.25, 0.3) is 0 Å². The van der Waals surface area contributed by atoms with Gasteiger partial charge in [-0.15, -0.1) is 0 Å². The number of nitriles is 1. The summed E-state index contributed by atoms with van der Waals surface area (Å²) in [4.78, 5) is 28.3. The summed E-state index contributed by atoms with van der Waals surface area (Å²) in [7, 11) is 0. The highest BCUT2D eigenvalue weighted by Crippen LogP contribution is 2.18. The molecule has 0 radical (unpaired) electrons. The minimum atomic E-state index is -0.654. The molecule has 1 N–H and O–H groups in total. The van der Waals surface area contributed by atoms with Gasteiger partial charge in [-0.25, -0.2) is 0 Å². The van der Waals surface area contributed by atoms with Gasteiger partial charge in [-0.3, -0.25) is 9.59 Å². The van der Waals surface area contributed by atoms with Gasteiger partial charge in [0.1, 0.15) is 0 Å². The van der Waals surface area contributed by atoms with Crippen LogP contribution in [-0.2, 0) is 9.59 Å². The molecule has 0 unspecified atom stereocenters. The molecular weight excluding hydrogens is 328 g/mol. The number of anilines is 2. The van der Waals surface area contributed by atoms with Crippen LogP contribution in [0.5, 0.6) is 0 Å². The van der Waals surface area contributed by atoms with Crippen LogP contribution < -0.4 is 10.2 Å². The van der Waals surface area contributed by atoms with Crippen molar-refractivity contribution in [3.8, 4) is 6.07 Å². The van der Waals surface area contributed by atoms with E-state index in [2.05, 4.69) is 35.3 Å². The topological polar surface area (TPSA) is 76.4 Å². The Labute approximate surface area is 152 Å². The number of nitrogens with zero attached hydrogens (tertiary/aromatic N) is 3. The Morgan fingerprint density at radius 1 is 1.04 bits per heavy atom. The number of hydrogen-bond acceptors (Lipinski definition) is 4. The first-order valence-electron chi connectivity index (χ1n) is 8.49. The van der Waals surface area contributed by atoms with E-state index in [4.69, 9.17) is 5.26 Å². The zero-order chi connectivity index (χ0) is 18.5. The molecule has 6 nitrogen and oxygen atoms in total. The van der Waals surface area contributed by atoms with E-state index in [0.29, 0.717) is 37.4 Å². The number of nitrogens with one attached hydrogen (secondary N) is 1. The maximum Gasteiger partial charge on any atom is 0.313 e. The molecule has 0 saturated carbocycles. The third-order valence-corrected chi connectivity index (χ3v) is 4.40. The minimum Gasteiger partial charge on any atom is -0.368 e. The molecule has 132 valence electrons. The van der Waals surface area contributed by atoms with Gasteiger partial charge in [0, 0.05) is 37.6 Å². The van der Waals surface area contributed by atoms with Crippen molar-refractivity contribution < 1.29 is 9.59 Å². The minimum absolute atomic E-state index is 0.501. The van der Waals surface area contributed by atoms with Gasteiger partial charge < -0.3 is 15.1 Å². The smallest absolute Gasteiger partial charge is 0.313 e.